The van der Waals surface area contributed by atoms with Crippen LogP contribution in [0.15, 0.2) is 28.9 Å². The van der Waals surface area contributed by atoms with Gasteiger partial charge in [-0.05, 0) is 28.4 Å². The lowest BCUT2D eigenvalue weighted by molar-refractivity contribution is 0.200. The minimum atomic E-state index is -0.849. The number of aliphatic hydroxyl groups is 1. The molecule has 0 aliphatic rings. The van der Waals surface area contributed by atoms with E-state index in [2.05, 4.69) is 28.0 Å². The van der Waals surface area contributed by atoms with Crippen molar-refractivity contribution in [3.05, 3.63) is 40.1 Å². The van der Waals surface area contributed by atoms with E-state index < -0.39 is 6.10 Å². The van der Waals surface area contributed by atoms with Crippen LogP contribution in [0.3, 0.4) is 0 Å². The van der Waals surface area contributed by atoms with Crippen LogP contribution in [-0.4, -0.2) is 29.1 Å². The maximum absolute atomic E-state index is 10.8. The monoisotopic (exact) mass is 354 g/mol. The van der Waals surface area contributed by atoms with E-state index in [4.69, 9.17) is 9.47 Å². The molecule has 1 aromatic heterocycles. The van der Waals surface area contributed by atoms with Gasteiger partial charge in [0.1, 0.15) is 6.10 Å². The number of methoxy groups -OCH3 is 2. The van der Waals surface area contributed by atoms with Crippen molar-refractivity contribution in [1.29, 1.82) is 0 Å². The zero-order chi connectivity index (χ0) is 15.4. The Labute approximate surface area is 132 Å². The molecule has 0 fully saturated rings. The van der Waals surface area contributed by atoms with Crippen LogP contribution in [0.2, 0.25) is 0 Å². The molecule has 5 nitrogen and oxygen atoms in total. The minimum absolute atomic E-state index is 0.531. The number of aliphatic hydroxyl groups excluding tert-OH is 1. The highest BCUT2D eigenvalue weighted by atomic mass is 79.9. The zero-order valence-corrected chi connectivity index (χ0v) is 13.9. The Kier molecular flexibility index (Phi) is 5.25. The van der Waals surface area contributed by atoms with Crippen molar-refractivity contribution in [3.63, 3.8) is 0 Å². The summed E-state index contributed by atoms with van der Waals surface area (Å²) in [4.78, 5) is 0. The number of aryl methyl sites for hydroxylation is 1. The van der Waals surface area contributed by atoms with Crippen molar-refractivity contribution in [1.82, 2.24) is 9.78 Å². The van der Waals surface area contributed by atoms with Crippen LogP contribution in [0.4, 0.5) is 0 Å². The predicted molar refractivity (Wildman–Crippen MR) is 83.8 cm³/mol. The van der Waals surface area contributed by atoms with Crippen molar-refractivity contribution in [3.8, 4) is 11.5 Å². The number of rotatable bonds is 6. The Morgan fingerprint density at radius 3 is 2.71 bits per heavy atom. The van der Waals surface area contributed by atoms with E-state index in [0.717, 1.165) is 17.4 Å². The number of aromatic nitrogens is 2. The summed E-state index contributed by atoms with van der Waals surface area (Å²) in [5, 5.41) is 15.1. The Balaban J connectivity index is 2.50. The second-order valence-electron chi connectivity index (χ2n) is 4.59. The number of nitrogens with zero attached hydrogens (tertiary/aromatic N) is 2. The van der Waals surface area contributed by atoms with Crippen molar-refractivity contribution in [2.45, 2.75) is 26.0 Å². The van der Waals surface area contributed by atoms with Gasteiger partial charge in [-0.15, -0.1) is 0 Å². The lowest BCUT2D eigenvalue weighted by Crippen LogP contribution is -2.12. The molecule has 1 unspecified atom stereocenters. The third-order valence-electron chi connectivity index (χ3n) is 3.26. The lowest BCUT2D eigenvalue weighted by atomic mass is 10.0. The molecule has 114 valence electrons. The van der Waals surface area contributed by atoms with Crippen molar-refractivity contribution in [2.75, 3.05) is 14.2 Å². The summed E-state index contributed by atoms with van der Waals surface area (Å²) in [6.45, 7) is 2.81. The molecule has 0 aliphatic heterocycles. The van der Waals surface area contributed by atoms with Gasteiger partial charge in [0.25, 0.3) is 0 Å². The van der Waals surface area contributed by atoms with E-state index in [-0.39, 0.29) is 0 Å². The quantitative estimate of drug-likeness (QED) is 0.865. The Morgan fingerprint density at radius 1 is 1.33 bits per heavy atom. The van der Waals surface area contributed by atoms with Crippen LogP contribution in [0.25, 0.3) is 0 Å². The standard InChI is InChI=1S/C15H19BrN2O3/c1-4-8-18-13(11(16)9-17-18)14(19)10-6-5-7-12(20-2)15(10)21-3/h5-7,9,14,19H,4,8H2,1-3H3. The van der Waals surface area contributed by atoms with Crippen LogP contribution < -0.4 is 9.47 Å². The van der Waals surface area contributed by atoms with E-state index >= 15 is 0 Å². The fourth-order valence-corrected chi connectivity index (χ4v) is 2.82. The number of hydrogen-bond donors (Lipinski definition) is 1. The largest absolute Gasteiger partial charge is 0.493 e. The second-order valence-corrected chi connectivity index (χ2v) is 5.44. The molecule has 1 N–H and O–H groups in total. The Morgan fingerprint density at radius 2 is 2.10 bits per heavy atom. The van der Waals surface area contributed by atoms with Gasteiger partial charge in [0.05, 0.1) is 30.6 Å². The summed E-state index contributed by atoms with van der Waals surface area (Å²) < 4.78 is 13.2. The molecule has 0 aliphatic carbocycles. The van der Waals surface area contributed by atoms with E-state index in [1.165, 1.54) is 0 Å². The maximum Gasteiger partial charge on any atom is 0.166 e. The van der Waals surface area contributed by atoms with E-state index in [0.29, 0.717) is 22.8 Å². The van der Waals surface area contributed by atoms with Gasteiger partial charge >= 0.3 is 0 Å². The molecule has 0 bridgehead atoms. The average Bonchev–Trinajstić information content (AvgIpc) is 2.86. The van der Waals surface area contributed by atoms with Crippen LogP contribution in [0, 0.1) is 0 Å². The first-order chi connectivity index (χ1) is 10.1. The fraction of sp³-hybridized carbons (Fsp3) is 0.400. The fourth-order valence-electron chi connectivity index (χ4n) is 2.31. The molecule has 0 spiro atoms. The third-order valence-corrected chi connectivity index (χ3v) is 3.87. The molecule has 0 saturated heterocycles. The number of para-hydroxylation sites is 1. The van der Waals surface area contributed by atoms with Crippen molar-refractivity contribution in [2.24, 2.45) is 0 Å². The zero-order valence-electron chi connectivity index (χ0n) is 12.3. The van der Waals surface area contributed by atoms with Gasteiger partial charge in [-0.2, -0.15) is 5.10 Å². The first-order valence-electron chi connectivity index (χ1n) is 6.74. The summed E-state index contributed by atoms with van der Waals surface area (Å²) in [6, 6.07) is 5.45. The predicted octanol–water partition coefficient (Wildman–Crippen LogP) is 3.15. The van der Waals surface area contributed by atoms with Gasteiger partial charge in [-0.25, -0.2) is 0 Å². The van der Waals surface area contributed by atoms with E-state index in [1.54, 1.807) is 31.2 Å². The number of benzene rings is 1. The molecule has 1 heterocycles. The van der Waals surface area contributed by atoms with Gasteiger partial charge in [-0.3, -0.25) is 4.68 Å². The van der Waals surface area contributed by atoms with Gasteiger partial charge in [0, 0.05) is 12.1 Å². The first-order valence-corrected chi connectivity index (χ1v) is 7.53. The molecule has 6 heteroatoms. The lowest BCUT2D eigenvalue weighted by Gasteiger charge is -2.18. The average molecular weight is 355 g/mol. The molecule has 0 amide bonds. The van der Waals surface area contributed by atoms with Crippen molar-refractivity contribution >= 4 is 15.9 Å². The minimum Gasteiger partial charge on any atom is -0.493 e. The first kappa shape index (κ1) is 15.9. The van der Waals surface area contributed by atoms with Crippen LogP contribution >= 0.6 is 15.9 Å². The topological polar surface area (TPSA) is 56.5 Å². The highest BCUT2D eigenvalue weighted by Gasteiger charge is 2.24. The molecule has 0 radical (unpaired) electrons. The van der Waals surface area contributed by atoms with E-state index in [9.17, 15) is 5.11 Å². The van der Waals surface area contributed by atoms with Crippen LogP contribution in [0.1, 0.15) is 30.7 Å². The molecule has 2 rings (SSSR count). The molecule has 1 aromatic carbocycles. The van der Waals surface area contributed by atoms with Crippen LogP contribution in [0.5, 0.6) is 11.5 Å². The number of hydrogen-bond acceptors (Lipinski definition) is 4. The third kappa shape index (κ3) is 3.06. The summed E-state index contributed by atoms with van der Waals surface area (Å²) >= 11 is 3.45. The summed E-state index contributed by atoms with van der Waals surface area (Å²) in [7, 11) is 3.14. The summed E-state index contributed by atoms with van der Waals surface area (Å²) in [5.41, 5.74) is 1.36. The molecular formula is C15H19BrN2O3. The highest BCUT2D eigenvalue weighted by Crippen LogP contribution is 2.38. The summed E-state index contributed by atoms with van der Waals surface area (Å²) in [5.74, 6) is 1.12. The summed E-state index contributed by atoms with van der Waals surface area (Å²) in [6.07, 6.45) is 1.78. The number of ether oxygens (including phenoxy) is 2. The van der Waals surface area contributed by atoms with Gasteiger partial charge in [0.2, 0.25) is 0 Å². The molecule has 0 saturated carbocycles. The Hall–Kier alpha value is -1.53. The van der Waals surface area contributed by atoms with Crippen LogP contribution in [-0.2, 0) is 6.54 Å². The SMILES string of the molecule is CCCn1ncc(Br)c1C(O)c1cccc(OC)c1OC. The van der Waals surface area contributed by atoms with Crippen molar-refractivity contribution < 1.29 is 14.6 Å². The maximum atomic E-state index is 10.8. The normalized spacial score (nSPS) is 12.2. The highest BCUT2D eigenvalue weighted by molar-refractivity contribution is 9.10. The van der Waals surface area contributed by atoms with Gasteiger partial charge < -0.3 is 14.6 Å². The van der Waals surface area contributed by atoms with Gasteiger partial charge in [-0.1, -0.05) is 19.1 Å². The molecular weight excluding hydrogens is 336 g/mol. The van der Waals surface area contributed by atoms with E-state index in [1.807, 2.05) is 12.1 Å². The second kappa shape index (κ2) is 6.95. The molecule has 1 atom stereocenters. The molecule has 2 aromatic rings. The van der Waals surface area contributed by atoms with Gasteiger partial charge in [0.15, 0.2) is 11.5 Å². The smallest absolute Gasteiger partial charge is 0.166 e. The molecule has 21 heavy (non-hydrogen) atoms. The Bertz CT molecular complexity index is 613. The number of halogens is 1.